The van der Waals surface area contributed by atoms with Gasteiger partial charge in [0.2, 0.25) is 0 Å². The summed E-state index contributed by atoms with van der Waals surface area (Å²) >= 11 is 0. The third-order valence-corrected chi connectivity index (χ3v) is 15.6. The molecule has 0 heteroatoms. The van der Waals surface area contributed by atoms with E-state index in [0.29, 0.717) is 0 Å². The van der Waals surface area contributed by atoms with Gasteiger partial charge in [0.25, 0.3) is 0 Å². The fraction of sp³-hybridized carbons (Fsp3) is 0.236. The minimum atomic E-state index is -0.0464. The summed E-state index contributed by atoms with van der Waals surface area (Å²) < 4.78 is 0. The standard InChI is InChI=1S/C55H44/c1-54(2)48-18-10-9-13-40(48)41-21-19-36(30-49(41)54)52-43-14-5-7-16-45(43)53(46-17-8-6-15-44(46)52)37-20-22-42-47-28-34-11-3-4-12-35(34)29-51(47)55(50(42)31-37)38-24-32-23-33(26-38)27-39(55)25-32/h3-22,28-33,38-39H,23-27H2,1-2H3. The van der Waals surface area contributed by atoms with Crippen LogP contribution in [0.4, 0.5) is 0 Å². The molecule has 8 aromatic rings. The van der Waals surface area contributed by atoms with E-state index >= 15 is 0 Å². The van der Waals surface area contributed by atoms with E-state index in [9.17, 15) is 0 Å². The van der Waals surface area contributed by atoms with Crippen molar-refractivity contribution in [3.63, 3.8) is 0 Å². The lowest BCUT2D eigenvalue weighted by atomic mass is 9.43. The Hall–Kier alpha value is -5.46. The van der Waals surface area contributed by atoms with Crippen molar-refractivity contribution < 1.29 is 0 Å². The molecule has 0 aromatic heterocycles. The highest BCUT2D eigenvalue weighted by Crippen LogP contribution is 2.70. The van der Waals surface area contributed by atoms with Gasteiger partial charge in [-0.3, -0.25) is 0 Å². The first-order valence-electron chi connectivity index (χ1n) is 20.9. The molecule has 6 aliphatic carbocycles. The van der Waals surface area contributed by atoms with Gasteiger partial charge in [0.05, 0.1) is 0 Å². The summed E-state index contributed by atoms with van der Waals surface area (Å²) in [4.78, 5) is 0. The lowest BCUT2D eigenvalue weighted by Gasteiger charge is -2.61. The van der Waals surface area contributed by atoms with E-state index in [2.05, 4.69) is 159 Å². The van der Waals surface area contributed by atoms with Crippen LogP contribution in [0.25, 0.3) is 76.8 Å². The zero-order valence-corrected chi connectivity index (χ0v) is 31.7. The SMILES string of the molecule is CC1(C)c2ccccc2-c2ccc(-c3c4ccccc4c(-c4ccc5c(c4)C4(c6cc7ccccc7cc6-5)C5CC6CC(C5)CC4C6)c4ccccc34)cc21. The van der Waals surface area contributed by atoms with Gasteiger partial charge in [0.1, 0.15) is 0 Å². The molecule has 55 heavy (non-hydrogen) atoms. The molecule has 0 unspecified atom stereocenters. The van der Waals surface area contributed by atoms with Crippen molar-refractivity contribution in [1.82, 2.24) is 0 Å². The topological polar surface area (TPSA) is 0 Å². The number of benzene rings is 8. The highest BCUT2D eigenvalue weighted by atomic mass is 14.6. The first kappa shape index (κ1) is 30.8. The first-order valence-corrected chi connectivity index (χ1v) is 20.9. The summed E-state index contributed by atoms with van der Waals surface area (Å²) in [6.45, 7) is 4.79. The molecule has 14 rings (SSSR count). The number of hydrogen-bond donors (Lipinski definition) is 0. The molecule has 0 radical (unpaired) electrons. The molecule has 6 aliphatic rings. The van der Waals surface area contributed by atoms with Crippen LogP contribution >= 0.6 is 0 Å². The average molecular weight is 705 g/mol. The van der Waals surface area contributed by atoms with E-state index < -0.39 is 0 Å². The van der Waals surface area contributed by atoms with E-state index in [0.717, 1.165) is 23.7 Å². The molecule has 0 saturated heterocycles. The molecular formula is C55H44. The van der Waals surface area contributed by atoms with Gasteiger partial charge in [-0.1, -0.05) is 135 Å². The molecule has 8 aromatic carbocycles. The molecule has 0 nitrogen and oxygen atoms in total. The maximum atomic E-state index is 2.70. The Morgan fingerprint density at radius 1 is 0.382 bits per heavy atom. The van der Waals surface area contributed by atoms with Gasteiger partial charge in [-0.2, -0.15) is 0 Å². The Bertz CT molecular complexity index is 2890. The van der Waals surface area contributed by atoms with Crippen LogP contribution in [0.15, 0.2) is 146 Å². The summed E-state index contributed by atoms with van der Waals surface area (Å²) in [6, 6.07) is 56.7. The van der Waals surface area contributed by atoms with Crippen molar-refractivity contribution in [3.8, 4) is 44.5 Å². The normalized spacial score (nSPS) is 24.8. The van der Waals surface area contributed by atoms with Gasteiger partial charge in [-0.25, -0.2) is 0 Å². The maximum absolute atomic E-state index is 2.70. The van der Waals surface area contributed by atoms with Gasteiger partial charge in [0, 0.05) is 10.8 Å². The Kier molecular flexibility index (Phi) is 5.96. The van der Waals surface area contributed by atoms with E-state index in [1.54, 1.807) is 11.1 Å². The van der Waals surface area contributed by atoms with E-state index in [1.165, 1.54) is 120 Å². The van der Waals surface area contributed by atoms with Crippen LogP contribution in [0.3, 0.4) is 0 Å². The second kappa shape index (κ2) is 10.6. The summed E-state index contributed by atoms with van der Waals surface area (Å²) in [5.41, 5.74) is 17.3. The van der Waals surface area contributed by atoms with Gasteiger partial charge in [0.15, 0.2) is 0 Å². The second-order valence-corrected chi connectivity index (χ2v) is 18.5. The number of hydrogen-bond acceptors (Lipinski definition) is 0. The Morgan fingerprint density at radius 2 is 0.836 bits per heavy atom. The van der Waals surface area contributed by atoms with Crippen LogP contribution < -0.4 is 0 Å². The van der Waals surface area contributed by atoms with Crippen LogP contribution in [-0.2, 0) is 10.8 Å². The van der Waals surface area contributed by atoms with E-state index in [-0.39, 0.29) is 10.8 Å². The minimum absolute atomic E-state index is 0.0464. The molecule has 0 heterocycles. The zero-order chi connectivity index (χ0) is 36.2. The smallest absolute Gasteiger partial charge is 0.0272 e. The summed E-state index contributed by atoms with van der Waals surface area (Å²) in [5.74, 6) is 3.30. The van der Waals surface area contributed by atoms with Crippen molar-refractivity contribution >= 4 is 32.3 Å². The van der Waals surface area contributed by atoms with Crippen LogP contribution in [0.1, 0.15) is 68.2 Å². The van der Waals surface area contributed by atoms with Crippen LogP contribution in [-0.4, -0.2) is 0 Å². The molecular weight excluding hydrogens is 661 g/mol. The van der Waals surface area contributed by atoms with Crippen LogP contribution in [0, 0.1) is 23.7 Å². The Labute approximate surface area is 323 Å². The summed E-state index contributed by atoms with van der Waals surface area (Å²) in [7, 11) is 0. The largest absolute Gasteiger partial charge is 0.0619 e. The highest BCUT2D eigenvalue weighted by Gasteiger charge is 2.61. The van der Waals surface area contributed by atoms with Crippen LogP contribution in [0.2, 0.25) is 0 Å². The van der Waals surface area contributed by atoms with Gasteiger partial charge in [-0.15, -0.1) is 0 Å². The summed E-state index contributed by atoms with van der Waals surface area (Å²) in [5, 5.41) is 8.13. The van der Waals surface area contributed by atoms with Crippen molar-refractivity contribution in [1.29, 1.82) is 0 Å². The fourth-order valence-electron chi connectivity index (χ4n) is 13.6. The molecule has 0 atom stereocenters. The molecule has 264 valence electrons. The average Bonchev–Trinajstić information content (AvgIpc) is 3.62. The summed E-state index contributed by atoms with van der Waals surface area (Å²) in [6.07, 6.45) is 7.05. The van der Waals surface area contributed by atoms with Crippen molar-refractivity contribution in [2.75, 3.05) is 0 Å². The third-order valence-electron chi connectivity index (χ3n) is 15.6. The first-order chi connectivity index (χ1) is 27.0. The minimum Gasteiger partial charge on any atom is -0.0619 e. The third kappa shape index (κ3) is 3.88. The van der Waals surface area contributed by atoms with Crippen molar-refractivity contribution in [3.05, 3.63) is 168 Å². The Morgan fingerprint density at radius 3 is 1.44 bits per heavy atom. The van der Waals surface area contributed by atoms with Crippen molar-refractivity contribution in [2.24, 2.45) is 23.7 Å². The molecule has 4 saturated carbocycles. The predicted octanol–water partition coefficient (Wildman–Crippen LogP) is 14.5. The van der Waals surface area contributed by atoms with E-state index in [4.69, 9.17) is 0 Å². The van der Waals surface area contributed by atoms with Crippen LogP contribution in [0.5, 0.6) is 0 Å². The molecule has 0 aliphatic heterocycles. The highest BCUT2D eigenvalue weighted by molar-refractivity contribution is 6.21. The number of rotatable bonds is 2. The lowest BCUT2D eigenvalue weighted by Crippen LogP contribution is -2.55. The van der Waals surface area contributed by atoms with E-state index in [1.807, 2.05) is 0 Å². The predicted molar refractivity (Wildman–Crippen MR) is 231 cm³/mol. The van der Waals surface area contributed by atoms with Crippen molar-refractivity contribution in [2.45, 2.75) is 56.8 Å². The monoisotopic (exact) mass is 704 g/mol. The van der Waals surface area contributed by atoms with Gasteiger partial charge >= 0.3 is 0 Å². The molecule has 4 bridgehead atoms. The molecule has 4 fully saturated rings. The molecule has 1 spiro atoms. The van der Waals surface area contributed by atoms with Gasteiger partial charge < -0.3 is 0 Å². The molecule has 0 N–H and O–H groups in total. The lowest BCUT2D eigenvalue weighted by molar-refractivity contribution is -0.0398. The van der Waals surface area contributed by atoms with Gasteiger partial charge in [-0.05, 0) is 179 Å². The Balaban J connectivity index is 1.06. The fourth-order valence-corrected chi connectivity index (χ4v) is 13.6. The number of fused-ring (bicyclic) bond motifs is 9. The quantitative estimate of drug-likeness (QED) is 0.157. The molecule has 0 amide bonds. The maximum Gasteiger partial charge on any atom is 0.0272 e. The zero-order valence-electron chi connectivity index (χ0n) is 31.7. The second-order valence-electron chi connectivity index (χ2n) is 18.5.